The largest absolute Gasteiger partial charge is 0.361 e. The molecule has 3 heterocycles. The fraction of sp³-hybridized carbons (Fsp3) is 0.526. The number of carbonyl (C=O) groups excluding carboxylic acids is 1. The Morgan fingerprint density at radius 2 is 1.91 bits per heavy atom. The van der Waals surface area contributed by atoms with Crippen LogP contribution in [0.15, 0.2) is 30.5 Å². The number of hydrogen-bond acceptors (Lipinski definition) is 2. The summed E-state index contributed by atoms with van der Waals surface area (Å²) in [4.78, 5) is 19.9. The minimum absolute atomic E-state index is 0.343. The lowest BCUT2D eigenvalue weighted by molar-refractivity contribution is -0.135. The highest BCUT2D eigenvalue weighted by molar-refractivity contribution is 5.83. The van der Waals surface area contributed by atoms with E-state index in [4.69, 9.17) is 0 Å². The number of aromatic nitrogens is 1. The third-order valence-electron chi connectivity index (χ3n) is 5.44. The van der Waals surface area contributed by atoms with Crippen LogP contribution < -0.4 is 0 Å². The standard InChI is InChI=1S/C19H25N3O/c23-19-7-3-4-10-22(19)14-21-11-8-15(9-12-21)17-13-20-18-6-2-1-5-16(17)18/h1-2,5-6,13,15,20H,3-4,7-12,14H2. The predicted molar refractivity (Wildman–Crippen MR) is 92.3 cm³/mol. The maximum Gasteiger partial charge on any atom is 0.223 e. The molecule has 0 saturated carbocycles. The van der Waals surface area contributed by atoms with Crippen LogP contribution in [0.4, 0.5) is 0 Å². The van der Waals surface area contributed by atoms with Crippen LogP contribution in [0.5, 0.6) is 0 Å². The number of rotatable bonds is 3. The maximum absolute atomic E-state index is 12.0. The van der Waals surface area contributed by atoms with Crippen LogP contribution in [-0.2, 0) is 4.79 Å². The Balaban J connectivity index is 1.38. The van der Waals surface area contributed by atoms with Crippen molar-refractivity contribution in [2.24, 2.45) is 0 Å². The number of amides is 1. The molecule has 1 aromatic heterocycles. The summed E-state index contributed by atoms with van der Waals surface area (Å²) in [5, 5.41) is 1.37. The number of para-hydroxylation sites is 1. The van der Waals surface area contributed by atoms with Crippen molar-refractivity contribution < 1.29 is 4.79 Å². The van der Waals surface area contributed by atoms with E-state index in [1.165, 1.54) is 29.3 Å². The van der Waals surface area contributed by atoms with Gasteiger partial charge in [-0.05, 0) is 43.2 Å². The molecule has 1 aromatic carbocycles. The second kappa shape index (κ2) is 6.36. The molecular formula is C19H25N3O. The van der Waals surface area contributed by atoms with Crippen molar-refractivity contribution in [1.82, 2.24) is 14.8 Å². The average molecular weight is 311 g/mol. The first-order valence-electron chi connectivity index (χ1n) is 8.87. The Bertz CT molecular complexity index is 685. The van der Waals surface area contributed by atoms with E-state index in [9.17, 15) is 4.79 Å². The van der Waals surface area contributed by atoms with E-state index >= 15 is 0 Å². The summed E-state index contributed by atoms with van der Waals surface area (Å²) in [6, 6.07) is 8.58. The molecule has 0 spiro atoms. The van der Waals surface area contributed by atoms with Crippen molar-refractivity contribution in [3.8, 4) is 0 Å². The Hall–Kier alpha value is -1.81. The van der Waals surface area contributed by atoms with Gasteiger partial charge in [0, 0.05) is 43.2 Å². The minimum atomic E-state index is 0.343. The first-order valence-corrected chi connectivity index (χ1v) is 8.87. The number of nitrogens with one attached hydrogen (secondary N) is 1. The highest BCUT2D eigenvalue weighted by atomic mass is 16.2. The molecule has 0 atom stereocenters. The molecule has 2 saturated heterocycles. The third kappa shape index (κ3) is 3.00. The van der Waals surface area contributed by atoms with Gasteiger partial charge in [-0.15, -0.1) is 0 Å². The molecule has 2 fully saturated rings. The molecule has 2 aliphatic rings. The fourth-order valence-electron chi connectivity index (χ4n) is 4.07. The highest BCUT2D eigenvalue weighted by Gasteiger charge is 2.25. The number of carbonyl (C=O) groups is 1. The molecule has 0 radical (unpaired) electrons. The molecule has 0 aliphatic carbocycles. The van der Waals surface area contributed by atoms with Crippen molar-refractivity contribution in [2.45, 2.75) is 38.0 Å². The lowest BCUT2D eigenvalue weighted by atomic mass is 9.89. The zero-order chi connectivity index (χ0) is 15.6. The normalized spacial score (nSPS) is 21.2. The molecule has 1 amide bonds. The zero-order valence-corrected chi connectivity index (χ0v) is 13.6. The molecular weight excluding hydrogens is 286 g/mol. The Morgan fingerprint density at radius 3 is 2.74 bits per heavy atom. The number of nitrogens with zero attached hydrogens (tertiary/aromatic N) is 2. The van der Waals surface area contributed by atoms with Crippen molar-refractivity contribution in [1.29, 1.82) is 0 Å². The second-order valence-corrected chi connectivity index (χ2v) is 6.94. The van der Waals surface area contributed by atoms with Crippen molar-refractivity contribution in [3.05, 3.63) is 36.0 Å². The van der Waals surface area contributed by atoms with E-state index in [0.717, 1.165) is 45.6 Å². The highest BCUT2D eigenvalue weighted by Crippen LogP contribution is 2.33. The molecule has 4 heteroatoms. The molecule has 2 aliphatic heterocycles. The molecule has 122 valence electrons. The summed E-state index contributed by atoms with van der Waals surface area (Å²) >= 11 is 0. The van der Waals surface area contributed by atoms with Crippen LogP contribution in [0.25, 0.3) is 10.9 Å². The summed E-state index contributed by atoms with van der Waals surface area (Å²) < 4.78 is 0. The maximum atomic E-state index is 12.0. The number of likely N-dealkylation sites (tertiary alicyclic amines) is 2. The van der Waals surface area contributed by atoms with Crippen LogP contribution in [0, 0.1) is 0 Å². The summed E-state index contributed by atoms with van der Waals surface area (Å²) in [5.74, 6) is 0.981. The van der Waals surface area contributed by atoms with Crippen LogP contribution in [0.3, 0.4) is 0 Å². The summed E-state index contributed by atoms with van der Waals surface area (Å²) in [7, 11) is 0. The van der Waals surface area contributed by atoms with Gasteiger partial charge in [0.1, 0.15) is 0 Å². The van der Waals surface area contributed by atoms with Gasteiger partial charge in [0.05, 0.1) is 6.67 Å². The van der Waals surface area contributed by atoms with E-state index in [1.54, 1.807) is 0 Å². The lowest BCUT2D eigenvalue weighted by Crippen LogP contribution is -2.46. The third-order valence-corrected chi connectivity index (χ3v) is 5.44. The molecule has 2 aromatic rings. The topological polar surface area (TPSA) is 39.3 Å². The van der Waals surface area contributed by atoms with E-state index < -0.39 is 0 Å². The van der Waals surface area contributed by atoms with Crippen LogP contribution in [0.1, 0.15) is 43.6 Å². The van der Waals surface area contributed by atoms with Gasteiger partial charge in [-0.25, -0.2) is 0 Å². The van der Waals surface area contributed by atoms with E-state index in [2.05, 4.69) is 45.2 Å². The van der Waals surface area contributed by atoms with Crippen molar-refractivity contribution >= 4 is 16.8 Å². The quantitative estimate of drug-likeness (QED) is 0.944. The summed E-state index contributed by atoms with van der Waals surface area (Å²) in [6.45, 7) is 3.96. The zero-order valence-electron chi connectivity index (χ0n) is 13.6. The fourth-order valence-corrected chi connectivity index (χ4v) is 4.07. The first-order chi connectivity index (χ1) is 11.3. The van der Waals surface area contributed by atoms with Gasteiger partial charge >= 0.3 is 0 Å². The van der Waals surface area contributed by atoms with Gasteiger partial charge in [0.25, 0.3) is 0 Å². The molecule has 23 heavy (non-hydrogen) atoms. The number of benzene rings is 1. The number of fused-ring (bicyclic) bond motifs is 1. The van der Waals surface area contributed by atoms with Crippen molar-refractivity contribution in [2.75, 3.05) is 26.3 Å². The lowest BCUT2D eigenvalue weighted by Gasteiger charge is -2.37. The van der Waals surface area contributed by atoms with Crippen molar-refractivity contribution in [3.63, 3.8) is 0 Å². The number of H-pyrrole nitrogens is 1. The van der Waals surface area contributed by atoms with Gasteiger partial charge in [0.2, 0.25) is 5.91 Å². The molecule has 0 bridgehead atoms. The minimum Gasteiger partial charge on any atom is -0.361 e. The van der Waals surface area contributed by atoms with Crippen LogP contribution in [-0.4, -0.2) is 47.0 Å². The Labute approximate surface area is 137 Å². The summed E-state index contributed by atoms with van der Waals surface area (Å²) in [6.07, 6.45) is 7.54. The average Bonchev–Trinajstić information content (AvgIpc) is 3.02. The van der Waals surface area contributed by atoms with Gasteiger partial charge in [-0.3, -0.25) is 9.69 Å². The van der Waals surface area contributed by atoms with E-state index in [0.29, 0.717) is 11.8 Å². The first kappa shape index (κ1) is 14.8. The van der Waals surface area contributed by atoms with Crippen LogP contribution in [0.2, 0.25) is 0 Å². The number of aromatic amines is 1. The SMILES string of the molecule is O=C1CCCCN1CN1CCC(c2c[nH]c3ccccc23)CC1. The Kier molecular flexibility index (Phi) is 4.08. The van der Waals surface area contributed by atoms with E-state index in [-0.39, 0.29) is 0 Å². The van der Waals surface area contributed by atoms with E-state index in [1.807, 2.05) is 0 Å². The Morgan fingerprint density at radius 1 is 1.09 bits per heavy atom. The molecule has 1 N–H and O–H groups in total. The summed E-state index contributed by atoms with van der Waals surface area (Å²) in [5.41, 5.74) is 2.71. The smallest absolute Gasteiger partial charge is 0.223 e. The van der Waals surface area contributed by atoms with Gasteiger partial charge in [0.15, 0.2) is 0 Å². The van der Waals surface area contributed by atoms with Gasteiger partial charge < -0.3 is 9.88 Å². The van der Waals surface area contributed by atoms with Gasteiger partial charge in [-0.2, -0.15) is 0 Å². The second-order valence-electron chi connectivity index (χ2n) is 6.94. The number of hydrogen-bond donors (Lipinski definition) is 1. The van der Waals surface area contributed by atoms with Gasteiger partial charge in [-0.1, -0.05) is 18.2 Å². The molecule has 4 nitrogen and oxygen atoms in total. The predicted octanol–water partition coefficient (Wildman–Crippen LogP) is 3.32. The molecule has 4 rings (SSSR count). The number of piperidine rings is 2. The monoisotopic (exact) mass is 311 g/mol. The molecule has 0 unspecified atom stereocenters. The van der Waals surface area contributed by atoms with Crippen LogP contribution >= 0.6 is 0 Å².